The molecule has 0 saturated carbocycles. The molecular weight excluding hydrogens is 260 g/mol. The van der Waals surface area contributed by atoms with Gasteiger partial charge in [0.05, 0.1) is 23.2 Å². The van der Waals surface area contributed by atoms with Crippen LogP contribution in [-0.2, 0) is 0 Å². The standard InChI is InChI=1S/C15H9ClN2O/c1-19-12-3-2-9-5-13-14(6-10(9)4-12)18-8-11(7-17)15(13)16/h2-6,8H,1H3. The molecule has 4 heteroatoms. The third-order valence-corrected chi connectivity index (χ3v) is 3.50. The topological polar surface area (TPSA) is 45.9 Å². The van der Waals surface area contributed by atoms with Crippen molar-refractivity contribution in [2.45, 2.75) is 0 Å². The van der Waals surface area contributed by atoms with Gasteiger partial charge in [-0.25, -0.2) is 0 Å². The number of aromatic nitrogens is 1. The van der Waals surface area contributed by atoms with Crippen molar-refractivity contribution in [1.29, 1.82) is 5.26 Å². The average molecular weight is 269 g/mol. The summed E-state index contributed by atoms with van der Waals surface area (Å²) < 4.78 is 5.21. The molecular formula is C15H9ClN2O. The van der Waals surface area contributed by atoms with Crippen molar-refractivity contribution in [2.24, 2.45) is 0 Å². The van der Waals surface area contributed by atoms with Gasteiger partial charge in [0.15, 0.2) is 0 Å². The van der Waals surface area contributed by atoms with Gasteiger partial charge in [-0.2, -0.15) is 5.26 Å². The van der Waals surface area contributed by atoms with Crippen LogP contribution < -0.4 is 4.74 Å². The molecule has 0 fully saturated rings. The maximum Gasteiger partial charge on any atom is 0.119 e. The fourth-order valence-electron chi connectivity index (χ4n) is 2.09. The Balaban J connectivity index is 2.38. The lowest BCUT2D eigenvalue weighted by Crippen LogP contribution is -1.87. The van der Waals surface area contributed by atoms with Gasteiger partial charge in [-0.05, 0) is 35.0 Å². The Hall–Kier alpha value is -2.31. The summed E-state index contributed by atoms with van der Waals surface area (Å²) in [5.74, 6) is 0.798. The van der Waals surface area contributed by atoms with Crippen LogP contribution in [0, 0.1) is 11.3 Å². The number of pyridine rings is 1. The number of fused-ring (bicyclic) bond motifs is 2. The summed E-state index contributed by atoms with van der Waals surface area (Å²) in [6, 6.07) is 11.7. The second kappa shape index (κ2) is 4.42. The molecule has 1 aromatic heterocycles. The Morgan fingerprint density at radius 1 is 1.21 bits per heavy atom. The summed E-state index contributed by atoms with van der Waals surface area (Å²) in [4.78, 5) is 4.27. The highest BCUT2D eigenvalue weighted by molar-refractivity contribution is 6.36. The number of hydrogen-bond donors (Lipinski definition) is 0. The van der Waals surface area contributed by atoms with Gasteiger partial charge in [-0.15, -0.1) is 0 Å². The van der Waals surface area contributed by atoms with E-state index in [2.05, 4.69) is 4.98 Å². The molecule has 0 unspecified atom stereocenters. The largest absolute Gasteiger partial charge is 0.497 e. The molecule has 19 heavy (non-hydrogen) atoms. The molecule has 0 N–H and O–H groups in total. The van der Waals surface area contributed by atoms with Crippen molar-refractivity contribution in [2.75, 3.05) is 7.11 Å². The lowest BCUT2D eigenvalue weighted by Gasteiger charge is -2.06. The fourth-order valence-corrected chi connectivity index (χ4v) is 2.33. The Morgan fingerprint density at radius 3 is 2.79 bits per heavy atom. The van der Waals surface area contributed by atoms with Crippen LogP contribution in [0.25, 0.3) is 21.7 Å². The molecule has 0 spiro atoms. The minimum atomic E-state index is 0.391. The molecule has 3 nitrogen and oxygen atoms in total. The summed E-state index contributed by atoms with van der Waals surface area (Å²) in [6.07, 6.45) is 1.50. The highest BCUT2D eigenvalue weighted by Crippen LogP contribution is 2.30. The minimum Gasteiger partial charge on any atom is -0.497 e. The van der Waals surface area contributed by atoms with E-state index in [1.165, 1.54) is 6.20 Å². The zero-order valence-electron chi connectivity index (χ0n) is 10.1. The summed E-state index contributed by atoms with van der Waals surface area (Å²) in [5, 5.41) is 12.3. The second-order valence-electron chi connectivity index (χ2n) is 4.18. The smallest absolute Gasteiger partial charge is 0.119 e. The highest BCUT2D eigenvalue weighted by Gasteiger charge is 2.08. The van der Waals surface area contributed by atoms with Crippen molar-refractivity contribution in [3.05, 3.63) is 47.1 Å². The number of ether oxygens (including phenoxy) is 1. The van der Waals surface area contributed by atoms with E-state index < -0.39 is 0 Å². The molecule has 0 aliphatic carbocycles. The molecule has 0 aliphatic rings. The maximum atomic E-state index is 8.97. The van der Waals surface area contributed by atoms with Crippen molar-refractivity contribution in [3.63, 3.8) is 0 Å². The Bertz CT molecular complexity index is 837. The number of methoxy groups -OCH3 is 1. The van der Waals surface area contributed by atoms with Gasteiger partial charge in [-0.1, -0.05) is 17.7 Å². The van der Waals surface area contributed by atoms with E-state index in [-0.39, 0.29) is 0 Å². The quantitative estimate of drug-likeness (QED) is 0.628. The molecule has 0 saturated heterocycles. The minimum absolute atomic E-state index is 0.391. The Labute approximate surface area is 115 Å². The molecule has 0 aliphatic heterocycles. The molecule has 92 valence electrons. The van der Waals surface area contributed by atoms with Crippen LogP contribution in [0.2, 0.25) is 5.02 Å². The lowest BCUT2D eigenvalue weighted by molar-refractivity contribution is 0.415. The molecule has 0 amide bonds. The normalized spacial score (nSPS) is 10.6. The molecule has 3 aromatic rings. The molecule has 1 heterocycles. The van der Waals surface area contributed by atoms with E-state index in [9.17, 15) is 0 Å². The third kappa shape index (κ3) is 1.87. The van der Waals surface area contributed by atoms with Gasteiger partial charge in [0.1, 0.15) is 11.8 Å². The van der Waals surface area contributed by atoms with Crippen LogP contribution in [-0.4, -0.2) is 12.1 Å². The first-order valence-electron chi connectivity index (χ1n) is 5.69. The summed E-state index contributed by atoms with van der Waals surface area (Å²) in [7, 11) is 1.64. The molecule has 0 atom stereocenters. The number of rotatable bonds is 1. The predicted molar refractivity (Wildman–Crippen MR) is 75.5 cm³/mol. The fraction of sp³-hybridized carbons (Fsp3) is 0.0667. The lowest BCUT2D eigenvalue weighted by atomic mass is 10.1. The number of benzene rings is 2. The molecule has 0 radical (unpaired) electrons. The van der Waals surface area contributed by atoms with Crippen LogP contribution in [0.4, 0.5) is 0 Å². The first-order valence-corrected chi connectivity index (χ1v) is 6.07. The van der Waals surface area contributed by atoms with Gasteiger partial charge in [-0.3, -0.25) is 4.98 Å². The van der Waals surface area contributed by atoms with Crippen molar-refractivity contribution in [3.8, 4) is 11.8 Å². The number of hydrogen-bond acceptors (Lipinski definition) is 3. The van der Waals surface area contributed by atoms with Crippen molar-refractivity contribution in [1.82, 2.24) is 4.98 Å². The van der Waals surface area contributed by atoms with E-state index in [4.69, 9.17) is 21.6 Å². The van der Waals surface area contributed by atoms with Gasteiger partial charge in [0.25, 0.3) is 0 Å². The zero-order valence-corrected chi connectivity index (χ0v) is 10.9. The van der Waals surface area contributed by atoms with E-state index >= 15 is 0 Å². The maximum absolute atomic E-state index is 8.97. The van der Waals surface area contributed by atoms with Crippen LogP contribution in [0.1, 0.15) is 5.56 Å². The summed E-state index contributed by atoms with van der Waals surface area (Å²) >= 11 is 6.21. The van der Waals surface area contributed by atoms with Crippen LogP contribution in [0.15, 0.2) is 36.5 Å². The van der Waals surface area contributed by atoms with Gasteiger partial charge in [0, 0.05) is 11.6 Å². The van der Waals surface area contributed by atoms with E-state index in [1.54, 1.807) is 7.11 Å². The number of nitrogens with zero attached hydrogens (tertiary/aromatic N) is 2. The van der Waals surface area contributed by atoms with Crippen molar-refractivity contribution >= 4 is 33.3 Å². The van der Waals surface area contributed by atoms with Crippen molar-refractivity contribution < 1.29 is 4.74 Å². The second-order valence-corrected chi connectivity index (χ2v) is 4.56. The predicted octanol–water partition coefficient (Wildman–Crippen LogP) is 3.92. The first kappa shape index (κ1) is 11.8. The number of halogens is 1. The number of nitriles is 1. The van der Waals surface area contributed by atoms with Gasteiger partial charge >= 0.3 is 0 Å². The van der Waals surface area contributed by atoms with E-state index in [1.807, 2.05) is 36.4 Å². The first-order chi connectivity index (χ1) is 9.22. The molecule has 0 bridgehead atoms. The van der Waals surface area contributed by atoms with Crippen LogP contribution in [0.3, 0.4) is 0 Å². The third-order valence-electron chi connectivity index (χ3n) is 3.09. The van der Waals surface area contributed by atoms with E-state index in [0.717, 1.165) is 27.4 Å². The summed E-state index contributed by atoms with van der Waals surface area (Å²) in [6.45, 7) is 0. The van der Waals surface area contributed by atoms with Crippen LogP contribution >= 0.6 is 11.6 Å². The summed E-state index contributed by atoms with van der Waals surface area (Å²) in [5.41, 5.74) is 1.16. The zero-order chi connectivity index (χ0) is 13.4. The Morgan fingerprint density at radius 2 is 2.05 bits per heavy atom. The van der Waals surface area contributed by atoms with Crippen LogP contribution in [0.5, 0.6) is 5.75 Å². The SMILES string of the molecule is COc1ccc2cc3c(Cl)c(C#N)cnc3cc2c1. The molecule has 3 rings (SSSR count). The highest BCUT2D eigenvalue weighted by atomic mass is 35.5. The average Bonchev–Trinajstić information content (AvgIpc) is 2.45. The monoisotopic (exact) mass is 268 g/mol. The van der Waals surface area contributed by atoms with Gasteiger partial charge in [0.2, 0.25) is 0 Å². The molecule has 2 aromatic carbocycles. The van der Waals surface area contributed by atoms with E-state index in [0.29, 0.717) is 10.6 Å². The Kier molecular flexibility index (Phi) is 2.73. The van der Waals surface area contributed by atoms with Gasteiger partial charge < -0.3 is 4.74 Å².